The number of benzene rings is 2. The van der Waals surface area contributed by atoms with E-state index >= 15 is 0 Å². The Morgan fingerprint density at radius 2 is 1.78 bits per heavy atom. The van der Waals surface area contributed by atoms with Crippen LogP contribution in [0, 0.1) is 5.82 Å². The Hall–Kier alpha value is -1.74. The van der Waals surface area contributed by atoms with E-state index in [0.29, 0.717) is 6.42 Å². The number of ether oxygens (including phenoxy) is 1. The molecule has 90 valence electrons. The first-order valence-electron chi connectivity index (χ1n) is 5.78. The van der Waals surface area contributed by atoms with E-state index < -0.39 is 0 Å². The summed E-state index contributed by atoms with van der Waals surface area (Å²) >= 11 is 5.41. The molecule has 0 aliphatic carbocycles. The van der Waals surface area contributed by atoms with Crippen LogP contribution in [-0.2, 0) is 0 Å². The minimum absolute atomic E-state index is 0.118. The Morgan fingerprint density at radius 3 is 2.56 bits per heavy atom. The number of halogens is 1. The molecule has 0 fully saturated rings. The van der Waals surface area contributed by atoms with Gasteiger partial charge in [0.15, 0.2) is 0 Å². The van der Waals surface area contributed by atoms with Crippen molar-refractivity contribution in [3.63, 3.8) is 0 Å². The second kappa shape index (κ2) is 4.50. The maximum absolute atomic E-state index is 12.9. The average molecular weight is 258 g/mol. The van der Waals surface area contributed by atoms with Crippen LogP contribution in [0.2, 0.25) is 0 Å². The molecule has 0 saturated heterocycles. The van der Waals surface area contributed by atoms with Crippen LogP contribution in [0.15, 0.2) is 48.5 Å². The van der Waals surface area contributed by atoms with Crippen molar-refractivity contribution in [3.8, 4) is 5.75 Å². The van der Waals surface area contributed by atoms with Crippen molar-refractivity contribution in [2.24, 2.45) is 0 Å². The van der Waals surface area contributed by atoms with Gasteiger partial charge in [0.2, 0.25) is 0 Å². The Labute approximate surface area is 110 Å². The lowest BCUT2D eigenvalue weighted by atomic mass is 9.97. The molecule has 3 heteroatoms. The summed E-state index contributed by atoms with van der Waals surface area (Å²) in [6, 6.07) is 14.1. The molecular formula is C15H11FOS. The lowest BCUT2D eigenvalue weighted by molar-refractivity contribution is 0.207. The van der Waals surface area contributed by atoms with Crippen LogP contribution >= 0.6 is 12.2 Å². The molecule has 3 rings (SSSR count). The van der Waals surface area contributed by atoms with Crippen LogP contribution in [0.3, 0.4) is 0 Å². The minimum Gasteiger partial charge on any atom is -0.485 e. The van der Waals surface area contributed by atoms with Gasteiger partial charge in [-0.2, -0.15) is 0 Å². The van der Waals surface area contributed by atoms with E-state index in [-0.39, 0.29) is 11.9 Å². The average Bonchev–Trinajstić information content (AvgIpc) is 2.39. The molecule has 1 heterocycles. The Bertz CT molecular complexity index is 592. The van der Waals surface area contributed by atoms with Crippen molar-refractivity contribution in [1.82, 2.24) is 0 Å². The molecule has 0 N–H and O–H groups in total. The molecule has 0 amide bonds. The number of hydrogen-bond donors (Lipinski definition) is 0. The van der Waals surface area contributed by atoms with Crippen molar-refractivity contribution in [2.45, 2.75) is 12.5 Å². The van der Waals surface area contributed by atoms with E-state index in [1.807, 2.05) is 24.3 Å². The zero-order valence-corrected chi connectivity index (χ0v) is 10.4. The highest BCUT2D eigenvalue weighted by atomic mass is 32.1. The van der Waals surface area contributed by atoms with Gasteiger partial charge in [-0.05, 0) is 23.8 Å². The monoisotopic (exact) mass is 258 g/mol. The highest BCUT2D eigenvalue weighted by Crippen LogP contribution is 2.35. The first kappa shape index (κ1) is 11.4. The second-order valence-electron chi connectivity index (χ2n) is 4.28. The third kappa shape index (κ3) is 2.02. The first-order valence-corrected chi connectivity index (χ1v) is 6.19. The van der Waals surface area contributed by atoms with Gasteiger partial charge in [0.1, 0.15) is 17.7 Å². The van der Waals surface area contributed by atoms with Crippen molar-refractivity contribution in [1.29, 1.82) is 0 Å². The fourth-order valence-electron chi connectivity index (χ4n) is 2.14. The van der Waals surface area contributed by atoms with Crippen LogP contribution in [0.1, 0.15) is 23.7 Å². The van der Waals surface area contributed by atoms with Crippen LogP contribution in [0.25, 0.3) is 0 Å². The predicted molar refractivity (Wildman–Crippen MR) is 72.5 cm³/mol. The number of para-hydroxylation sites is 1. The molecule has 0 spiro atoms. The Balaban J connectivity index is 1.94. The summed E-state index contributed by atoms with van der Waals surface area (Å²) in [6.45, 7) is 0. The summed E-state index contributed by atoms with van der Waals surface area (Å²) in [5.41, 5.74) is 1.94. The lowest BCUT2D eigenvalue weighted by Crippen LogP contribution is -2.19. The first-order chi connectivity index (χ1) is 8.74. The topological polar surface area (TPSA) is 9.23 Å². The molecule has 1 unspecified atom stereocenters. The van der Waals surface area contributed by atoms with Gasteiger partial charge in [-0.25, -0.2) is 4.39 Å². The Kier molecular flexibility index (Phi) is 2.84. The summed E-state index contributed by atoms with van der Waals surface area (Å²) in [5.74, 6) is 0.570. The van der Waals surface area contributed by atoms with Crippen LogP contribution in [0.5, 0.6) is 5.75 Å². The quantitative estimate of drug-likeness (QED) is 0.713. The molecule has 18 heavy (non-hydrogen) atoms. The van der Waals surface area contributed by atoms with Crippen LogP contribution < -0.4 is 4.74 Å². The molecule has 0 aromatic heterocycles. The Morgan fingerprint density at radius 1 is 1.06 bits per heavy atom. The molecular weight excluding hydrogens is 247 g/mol. The molecule has 1 nitrogen and oxygen atoms in total. The predicted octanol–water partition coefficient (Wildman–Crippen LogP) is 4.07. The molecule has 0 saturated carbocycles. The van der Waals surface area contributed by atoms with Crippen molar-refractivity contribution in [2.75, 3.05) is 0 Å². The van der Waals surface area contributed by atoms with E-state index in [4.69, 9.17) is 17.0 Å². The van der Waals surface area contributed by atoms with Gasteiger partial charge in [-0.3, -0.25) is 0 Å². The highest BCUT2D eigenvalue weighted by Gasteiger charge is 2.24. The summed E-state index contributed by atoms with van der Waals surface area (Å²) < 4.78 is 18.8. The minimum atomic E-state index is -0.238. The fourth-order valence-corrected chi connectivity index (χ4v) is 2.46. The van der Waals surface area contributed by atoms with E-state index in [2.05, 4.69) is 0 Å². The normalized spacial score (nSPS) is 18.1. The molecule has 0 bridgehead atoms. The number of thiocarbonyl (C=S) groups is 1. The maximum Gasteiger partial charge on any atom is 0.129 e. The lowest BCUT2D eigenvalue weighted by Gasteiger charge is -2.27. The van der Waals surface area contributed by atoms with Gasteiger partial charge in [0.25, 0.3) is 0 Å². The van der Waals surface area contributed by atoms with Crippen molar-refractivity contribution >= 4 is 17.1 Å². The number of fused-ring (bicyclic) bond motifs is 1. The summed E-state index contributed by atoms with van der Waals surface area (Å²) in [6.07, 6.45) is 0.547. The maximum atomic E-state index is 12.9. The number of hydrogen-bond acceptors (Lipinski definition) is 2. The van der Waals surface area contributed by atoms with E-state index in [1.54, 1.807) is 12.1 Å². The van der Waals surface area contributed by atoms with Gasteiger partial charge in [-0.1, -0.05) is 42.5 Å². The van der Waals surface area contributed by atoms with Crippen molar-refractivity contribution in [3.05, 3.63) is 65.5 Å². The van der Waals surface area contributed by atoms with Crippen molar-refractivity contribution < 1.29 is 9.13 Å². The van der Waals surface area contributed by atoms with Crippen LogP contribution in [0.4, 0.5) is 4.39 Å². The summed E-state index contributed by atoms with van der Waals surface area (Å²) in [4.78, 5) is 0.895. The molecule has 2 aromatic rings. The number of rotatable bonds is 1. The van der Waals surface area contributed by atoms with Gasteiger partial charge in [-0.15, -0.1) is 0 Å². The molecule has 1 aliphatic rings. The van der Waals surface area contributed by atoms with Gasteiger partial charge in [0, 0.05) is 16.8 Å². The molecule has 1 atom stereocenters. The summed E-state index contributed by atoms with van der Waals surface area (Å²) in [5, 5.41) is 0. The zero-order valence-electron chi connectivity index (χ0n) is 9.60. The fraction of sp³-hybridized carbons (Fsp3) is 0.133. The van der Waals surface area contributed by atoms with Crippen LogP contribution in [-0.4, -0.2) is 4.86 Å². The third-order valence-corrected chi connectivity index (χ3v) is 3.46. The van der Waals surface area contributed by atoms with E-state index in [1.165, 1.54) is 12.1 Å². The molecule has 1 aliphatic heterocycles. The van der Waals surface area contributed by atoms with Gasteiger partial charge in [0.05, 0.1) is 0 Å². The third-order valence-electron chi connectivity index (χ3n) is 3.07. The van der Waals surface area contributed by atoms with Gasteiger partial charge >= 0.3 is 0 Å². The van der Waals surface area contributed by atoms with E-state index in [9.17, 15) is 4.39 Å². The molecule has 2 aromatic carbocycles. The second-order valence-corrected chi connectivity index (χ2v) is 4.77. The molecule has 0 radical (unpaired) electrons. The SMILES string of the molecule is Fc1ccc(C2CC(=S)c3ccccc3O2)cc1. The smallest absolute Gasteiger partial charge is 0.129 e. The van der Waals surface area contributed by atoms with E-state index in [0.717, 1.165) is 21.7 Å². The van der Waals surface area contributed by atoms with Gasteiger partial charge < -0.3 is 4.74 Å². The summed E-state index contributed by atoms with van der Waals surface area (Å²) in [7, 11) is 0. The standard InChI is InChI=1S/C15H11FOS/c16-11-7-5-10(6-8-11)14-9-15(18)12-3-1-2-4-13(12)17-14/h1-8,14H,9H2. The highest BCUT2D eigenvalue weighted by molar-refractivity contribution is 7.80. The largest absolute Gasteiger partial charge is 0.485 e. The zero-order chi connectivity index (χ0) is 12.5.